The maximum Gasteiger partial charge on any atom is 0.324 e. The van der Waals surface area contributed by atoms with Crippen LogP contribution in [0.15, 0.2) is 70.9 Å². The molecule has 0 aliphatic heterocycles. The van der Waals surface area contributed by atoms with Crippen molar-refractivity contribution < 1.29 is 22.7 Å². The number of sulfonamides is 1. The predicted octanol–water partition coefficient (Wildman–Crippen LogP) is 3.05. The first-order chi connectivity index (χ1) is 14.8. The van der Waals surface area contributed by atoms with Crippen LogP contribution < -0.4 is 10.0 Å². The molecule has 1 amide bonds. The van der Waals surface area contributed by atoms with Gasteiger partial charge in [-0.1, -0.05) is 48.5 Å². The van der Waals surface area contributed by atoms with Gasteiger partial charge in [-0.3, -0.25) is 14.9 Å². The van der Waals surface area contributed by atoms with Crippen LogP contribution >= 0.6 is 11.3 Å². The molecule has 0 bridgehead atoms. The van der Waals surface area contributed by atoms with Crippen LogP contribution in [-0.4, -0.2) is 37.4 Å². The van der Waals surface area contributed by atoms with Gasteiger partial charge in [-0.05, 0) is 26.0 Å². The van der Waals surface area contributed by atoms with Crippen LogP contribution in [0, 0.1) is 0 Å². The van der Waals surface area contributed by atoms with Crippen LogP contribution in [0.3, 0.4) is 0 Å². The highest BCUT2D eigenvalue weighted by molar-refractivity contribution is 7.89. The van der Waals surface area contributed by atoms with E-state index in [0.29, 0.717) is 5.13 Å². The lowest BCUT2D eigenvalue weighted by Gasteiger charge is -2.17. The number of hydrogen-bond donors (Lipinski definition) is 2. The number of carbonyl (C=O) groups is 2. The molecular formula is C21H21N3O5S2. The Kier molecular flexibility index (Phi) is 7.16. The average molecular weight is 460 g/mol. The van der Waals surface area contributed by atoms with Gasteiger partial charge in [0.15, 0.2) is 11.2 Å². The lowest BCUT2D eigenvalue weighted by molar-refractivity contribution is -0.154. The second-order valence-corrected chi connectivity index (χ2v) is 9.20. The SMILES string of the molecule is CC(NS(=O)(=O)c1ccccc1)C(=O)OC(C)C(=O)Nc1nc(-c2ccccc2)cs1. The molecule has 0 radical (unpaired) electrons. The Morgan fingerprint density at radius 1 is 1.00 bits per heavy atom. The summed E-state index contributed by atoms with van der Waals surface area (Å²) in [6.07, 6.45) is -1.14. The third kappa shape index (κ3) is 5.97. The van der Waals surface area contributed by atoms with Crippen molar-refractivity contribution in [3.8, 4) is 11.3 Å². The molecule has 0 spiro atoms. The number of carbonyl (C=O) groups excluding carboxylic acids is 2. The number of nitrogens with one attached hydrogen (secondary N) is 2. The summed E-state index contributed by atoms with van der Waals surface area (Å²) >= 11 is 1.25. The Hall–Kier alpha value is -3.08. The molecule has 0 aliphatic rings. The first-order valence-electron chi connectivity index (χ1n) is 9.36. The second kappa shape index (κ2) is 9.82. The van der Waals surface area contributed by atoms with Crippen LogP contribution in [-0.2, 0) is 24.3 Å². The van der Waals surface area contributed by atoms with Crippen molar-refractivity contribution in [1.82, 2.24) is 9.71 Å². The summed E-state index contributed by atoms with van der Waals surface area (Å²) in [6.45, 7) is 2.75. The normalized spacial score (nSPS) is 13.2. The van der Waals surface area contributed by atoms with Gasteiger partial charge in [0.2, 0.25) is 10.0 Å². The van der Waals surface area contributed by atoms with Gasteiger partial charge in [0.05, 0.1) is 10.6 Å². The van der Waals surface area contributed by atoms with Crippen molar-refractivity contribution in [1.29, 1.82) is 0 Å². The zero-order valence-electron chi connectivity index (χ0n) is 16.8. The summed E-state index contributed by atoms with van der Waals surface area (Å²) in [5.74, 6) is -1.44. The molecule has 0 saturated heterocycles. The van der Waals surface area contributed by atoms with Crippen LogP contribution in [0.4, 0.5) is 5.13 Å². The molecular weight excluding hydrogens is 438 g/mol. The summed E-state index contributed by atoms with van der Waals surface area (Å²) < 4.78 is 32.0. The minimum atomic E-state index is -3.89. The summed E-state index contributed by atoms with van der Waals surface area (Å²) in [4.78, 5) is 29.0. The van der Waals surface area contributed by atoms with E-state index in [-0.39, 0.29) is 4.90 Å². The van der Waals surface area contributed by atoms with Gasteiger partial charge < -0.3 is 4.74 Å². The molecule has 10 heteroatoms. The molecule has 1 heterocycles. The lowest BCUT2D eigenvalue weighted by Crippen LogP contribution is -2.42. The van der Waals surface area contributed by atoms with Crippen LogP contribution in [0.1, 0.15) is 13.8 Å². The number of thiazole rings is 1. The first-order valence-corrected chi connectivity index (χ1v) is 11.7. The number of anilines is 1. The average Bonchev–Trinajstić information content (AvgIpc) is 3.23. The van der Waals surface area contributed by atoms with E-state index in [1.165, 1.54) is 37.3 Å². The van der Waals surface area contributed by atoms with Crippen LogP contribution in [0.25, 0.3) is 11.3 Å². The summed E-state index contributed by atoms with van der Waals surface area (Å²) in [7, 11) is -3.89. The second-order valence-electron chi connectivity index (χ2n) is 6.63. The lowest BCUT2D eigenvalue weighted by atomic mass is 10.2. The number of aromatic nitrogens is 1. The molecule has 2 N–H and O–H groups in total. The topological polar surface area (TPSA) is 114 Å². The van der Waals surface area contributed by atoms with E-state index in [4.69, 9.17) is 4.74 Å². The Morgan fingerprint density at radius 2 is 1.61 bits per heavy atom. The fraction of sp³-hybridized carbons (Fsp3) is 0.190. The molecule has 1 aromatic heterocycles. The largest absolute Gasteiger partial charge is 0.451 e. The molecule has 2 aromatic carbocycles. The molecule has 0 saturated carbocycles. The van der Waals surface area contributed by atoms with Crippen LogP contribution in [0.5, 0.6) is 0 Å². The molecule has 31 heavy (non-hydrogen) atoms. The molecule has 3 aromatic rings. The van der Waals surface area contributed by atoms with Gasteiger partial charge in [-0.25, -0.2) is 13.4 Å². The standard InChI is InChI=1S/C21H21N3O5S2/c1-14(24-31(27,28)17-11-7-4-8-12-17)20(26)29-15(2)19(25)23-21-22-18(13-30-21)16-9-5-3-6-10-16/h3-15,24H,1-2H3,(H,22,23,25). The Bertz CT molecular complexity index is 1150. The number of benzene rings is 2. The van der Waals surface area contributed by atoms with Gasteiger partial charge in [0.25, 0.3) is 5.91 Å². The number of amides is 1. The van der Waals surface area contributed by atoms with Crippen molar-refractivity contribution in [2.75, 3.05) is 5.32 Å². The molecule has 8 nitrogen and oxygen atoms in total. The number of rotatable bonds is 8. The van der Waals surface area contributed by atoms with Gasteiger partial charge in [-0.2, -0.15) is 4.72 Å². The van der Waals surface area contributed by atoms with E-state index >= 15 is 0 Å². The molecule has 2 atom stereocenters. The molecule has 0 aliphatic carbocycles. The quantitative estimate of drug-likeness (QED) is 0.501. The third-order valence-corrected chi connectivity index (χ3v) is 6.52. The zero-order chi connectivity index (χ0) is 22.4. The minimum Gasteiger partial charge on any atom is -0.451 e. The van der Waals surface area contributed by atoms with Crippen molar-refractivity contribution in [3.05, 3.63) is 66.0 Å². The van der Waals surface area contributed by atoms with Crippen molar-refractivity contribution in [2.24, 2.45) is 0 Å². The zero-order valence-corrected chi connectivity index (χ0v) is 18.4. The molecule has 3 rings (SSSR count). The summed E-state index contributed by atoms with van der Waals surface area (Å²) in [5, 5.41) is 4.78. The van der Waals surface area contributed by atoms with Gasteiger partial charge in [-0.15, -0.1) is 11.3 Å². The fourth-order valence-corrected chi connectivity index (χ4v) is 4.49. The van der Waals surface area contributed by atoms with E-state index in [1.807, 2.05) is 35.7 Å². The molecule has 162 valence electrons. The first kappa shape index (κ1) is 22.6. The predicted molar refractivity (Wildman–Crippen MR) is 118 cm³/mol. The number of ether oxygens (including phenoxy) is 1. The number of nitrogens with zero attached hydrogens (tertiary/aromatic N) is 1. The van der Waals surface area contributed by atoms with Crippen molar-refractivity contribution in [3.63, 3.8) is 0 Å². The Balaban J connectivity index is 1.55. The minimum absolute atomic E-state index is 0.0263. The summed E-state index contributed by atoms with van der Waals surface area (Å²) in [6, 6.07) is 16.0. The van der Waals surface area contributed by atoms with Gasteiger partial charge in [0, 0.05) is 10.9 Å². The van der Waals surface area contributed by atoms with Crippen molar-refractivity contribution >= 4 is 38.4 Å². The highest BCUT2D eigenvalue weighted by Crippen LogP contribution is 2.24. The summed E-state index contributed by atoms with van der Waals surface area (Å²) in [5.41, 5.74) is 1.63. The van der Waals surface area contributed by atoms with E-state index in [2.05, 4.69) is 15.0 Å². The number of hydrogen-bond acceptors (Lipinski definition) is 7. The van der Waals surface area contributed by atoms with Gasteiger partial charge >= 0.3 is 5.97 Å². The van der Waals surface area contributed by atoms with E-state index in [9.17, 15) is 18.0 Å². The maximum absolute atomic E-state index is 12.4. The van der Waals surface area contributed by atoms with E-state index in [0.717, 1.165) is 11.3 Å². The molecule has 0 fully saturated rings. The Labute approximate surface area is 184 Å². The Morgan fingerprint density at radius 3 is 2.26 bits per heavy atom. The highest BCUT2D eigenvalue weighted by Gasteiger charge is 2.26. The number of esters is 1. The molecule has 2 unspecified atom stereocenters. The highest BCUT2D eigenvalue weighted by atomic mass is 32.2. The smallest absolute Gasteiger partial charge is 0.324 e. The van der Waals surface area contributed by atoms with E-state index in [1.54, 1.807) is 18.2 Å². The monoisotopic (exact) mass is 459 g/mol. The van der Waals surface area contributed by atoms with E-state index < -0.39 is 34.0 Å². The third-order valence-electron chi connectivity index (χ3n) is 4.21. The maximum atomic E-state index is 12.4. The fourth-order valence-electron chi connectivity index (χ4n) is 2.56. The van der Waals surface area contributed by atoms with Crippen molar-refractivity contribution in [2.45, 2.75) is 30.9 Å². The van der Waals surface area contributed by atoms with Gasteiger partial charge in [0.1, 0.15) is 6.04 Å². The van der Waals surface area contributed by atoms with Crippen LogP contribution in [0.2, 0.25) is 0 Å².